The first-order chi connectivity index (χ1) is 10.3. The quantitative estimate of drug-likeness (QED) is 0.691. The second kappa shape index (κ2) is 6.43. The molecule has 2 saturated carbocycles. The summed E-state index contributed by atoms with van der Waals surface area (Å²) in [6, 6.07) is 5.86. The standard InChI is InChI=1S/C16H24N4O/c17-15-12-6-5-11(10-12)14(15)16(21)20-9-3-8-19-13-4-1-2-7-18-13/h1-2,4,7,11-12,14-15H,3,5-6,8-10,17H2,(H,18,19)(H,20,21). The van der Waals surface area contributed by atoms with E-state index in [-0.39, 0.29) is 17.9 Å². The van der Waals surface area contributed by atoms with Gasteiger partial charge in [-0.2, -0.15) is 0 Å². The van der Waals surface area contributed by atoms with Crippen LogP contribution in [0.2, 0.25) is 0 Å². The number of aromatic nitrogens is 1. The molecule has 1 aromatic heterocycles. The van der Waals surface area contributed by atoms with Gasteiger partial charge in [0.15, 0.2) is 0 Å². The topological polar surface area (TPSA) is 80.0 Å². The molecule has 5 heteroatoms. The normalized spacial score (nSPS) is 30.3. The van der Waals surface area contributed by atoms with Crippen LogP contribution < -0.4 is 16.4 Å². The minimum Gasteiger partial charge on any atom is -0.370 e. The van der Waals surface area contributed by atoms with Crippen LogP contribution in [0.4, 0.5) is 5.82 Å². The Hall–Kier alpha value is -1.62. The average molecular weight is 288 g/mol. The number of amides is 1. The van der Waals surface area contributed by atoms with Gasteiger partial charge in [0.1, 0.15) is 5.82 Å². The van der Waals surface area contributed by atoms with Gasteiger partial charge in [-0.25, -0.2) is 4.98 Å². The molecule has 4 unspecified atom stereocenters. The van der Waals surface area contributed by atoms with Crippen molar-refractivity contribution < 1.29 is 4.79 Å². The second-order valence-corrected chi connectivity index (χ2v) is 6.22. The molecule has 4 N–H and O–H groups in total. The molecule has 0 aromatic carbocycles. The minimum absolute atomic E-state index is 0.0486. The third-order valence-electron chi connectivity index (χ3n) is 4.91. The third kappa shape index (κ3) is 3.18. The van der Waals surface area contributed by atoms with Crippen molar-refractivity contribution in [1.29, 1.82) is 0 Å². The summed E-state index contributed by atoms with van der Waals surface area (Å²) in [6.07, 6.45) is 6.20. The number of carbonyl (C=O) groups excluding carboxylic acids is 1. The van der Waals surface area contributed by atoms with Gasteiger partial charge in [0.05, 0.1) is 5.92 Å². The molecule has 0 spiro atoms. The molecule has 4 atom stereocenters. The van der Waals surface area contributed by atoms with Crippen LogP contribution >= 0.6 is 0 Å². The van der Waals surface area contributed by atoms with Gasteiger partial charge in [-0.05, 0) is 49.7 Å². The first-order valence-electron chi connectivity index (χ1n) is 7.94. The van der Waals surface area contributed by atoms with E-state index in [9.17, 15) is 4.79 Å². The molecule has 0 aliphatic heterocycles. The zero-order valence-electron chi connectivity index (χ0n) is 12.3. The molecule has 114 valence electrons. The summed E-state index contributed by atoms with van der Waals surface area (Å²) in [5.41, 5.74) is 6.19. The fourth-order valence-corrected chi connectivity index (χ4v) is 3.83. The number of hydrogen-bond donors (Lipinski definition) is 3. The smallest absolute Gasteiger partial charge is 0.224 e. The van der Waals surface area contributed by atoms with Crippen molar-refractivity contribution in [1.82, 2.24) is 10.3 Å². The van der Waals surface area contributed by atoms with E-state index in [2.05, 4.69) is 15.6 Å². The Labute approximate surface area is 125 Å². The lowest BCUT2D eigenvalue weighted by Crippen LogP contribution is -2.45. The largest absolute Gasteiger partial charge is 0.370 e. The summed E-state index contributed by atoms with van der Waals surface area (Å²) in [6.45, 7) is 1.50. The molecule has 2 bridgehead atoms. The van der Waals surface area contributed by atoms with Gasteiger partial charge in [0, 0.05) is 25.3 Å². The molecule has 5 nitrogen and oxygen atoms in total. The molecule has 1 aromatic rings. The predicted molar refractivity (Wildman–Crippen MR) is 82.6 cm³/mol. The number of nitrogens with zero attached hydrogens (tertiary/aromatic N) is 1. The number of pyridine rings is 1. The first-order valence-corrected chi connectivity index (χ1v) is 7.94. The third-order valence-corrected chi connectivity index (χ3v) is 4.91. The Kier molecular flexibility index (Phi) is 4.39. The van der Waals surface area contributed by atoms with Crippen molar-refractivity contribution in [3.8, 4) is 0 Å². The van der Waals surface area contributed by atoms with Crippen LogP contribution in [0.1, 0.15) is 25.7 Å². The minimum atomic E-state index is 0.0486. The highest BCUT2D eigenvalue weighted by Gasteiger charge is 2.48. The lowest BCUT2D eigenvalue weighted by molar-refractivity contribution is -0.127. The highest BCUT2D eigenvalue weighted by molar-refractivity contribution is 5.80. The number of fused-ring (bicyclic) bond motifs is 2. The number of hydrogen-bond acceptors (Lipinski definition) is 4. The molecule has 3 rings (SSSR count). The fourth-order valence-electron chi connectivity index (χ4n) is 3.83. The molecule has 2 aliphatic carbocycles. The van der Waals surface area contributed by atoms with E-state index in [1.165, 1.54) is 12.8 Å². The summed E-state index contributed by atoms with van der Waals surface area (Å²) in [7, 11) is 0. The second-order valence-electron chi connectivity index (χ2n) is 6.22. The van der Waals surface area contributed by atoms with Crippen LogP contribution in [0.3, 0.4) is 0 Å². The Morgan fingerprint density at radius 1 is 1.29 bits per heavy atom. The average Bonchev–Trinajstić information content (AvgIpc) is 3.08. The van der Waals surface area contributed by atoms with E-state index in [1.807, 2.05) is 18.2 Å². The van der Waals surface area contributed by atoms with Crippen LogP contribution in [-0.4, -0.2) is 30.0 Å². The number of nitrogens with one attached hydrogen (secondary N) is 2. The molecule has 2 aliphatic rings. The first kappa shape index (κ1) is 14.3. The van der Waals surface area contributed by atoms with Crippen LogP contribution in [0.5, 0.6) is 0 Å². The van der Waals surface area contributed by atoms with E-state index in [0.717, 1.165) is 25.2 Å². The van der Waals surface area contributed by atoms with Crippen LogP contribution in [0.15, 0.2) is 24.4 Å². The van der Waals surface area contributed by atoms with Crippen molar-refractivity contribution in [3.05, 3.63) is 24.4 Å². The highest BCUT2D eigenvalue weighted by atomic mass is 16.1. The Balaban J connectivity index is 1.35. The summed E-state index contributed by atoms with van der Waals surface area (Å²) < 4.78 is 0. The van der Waals surface area contributed by atoms with Crippen molar-refractivity contribution in [2.45, 2.75) is 31.7 Å². The zero-order valence-corrected chi connectivity index (χ0v) is 12.3. The summed E-state index contributed by atoms with van der Waals surface area (Å²) in [4.78, 5) is 16.5. The van der Waals surface area contributed by atoms with E-state index in [0.29, 0.717) is 18.4 Å². The van der Waals surface area contributed by atoms with E-state index >= 15 is 0 Å². The zero-order chi connectivity index (χ0) is 14.7. The van der Waals surface area contributed by atoms with Crippen molar-refractivity contribution in [3.63, 3.8) is 0 Å². The number of carbonyl (C=O) groups is 1. The molecule has 21 heavy (non-hydrogen) atoms. The van der Waals surface area contributed by atoms with Crippen LogP contribution in [0, 0.1) is 17.8 Å². The molecular formula is C16H24N4O. The van der Waals surface area contributed by atoms with Gasteiger partial charge in [-0.1, -0.05) is 6.07 Å². The maximum Gasteiger partial charge on any atom is 0.224 e. The highest BCUT2D eigenvalue weighted by Crippen LogP contribution is 2.47. The summed E-state index contributed by atoms with van der Waals surface area (Å²) in [5, 5.41) is 6.28. The monoisotopic (exact) mass is 288 g/mol. The predicted octanol–water partition coefficient (Wildman–Crippen LogP) is 1.37. The van der Waals surface area contributed by atoms with Gasteiger partial charge in [-0.15, -0.1) is 0 Å². The van der Waals surface area contributed by atoms with Gasteiger partial charge in [0.25, 0.3) is 0 Å². The summed E-state index contributed by atoms with van der Waals surface area (Å²) in [5.74, 6) is 2.19. The van der Waals surface area contributed by atoms with Crippen LogP contribution in [-0.2, 0) is 4.79 Å². The van der Waals surface area contributed by atoms with Gasteiger partial charge < -0.3 is 16.4 Å². The lowest BCUT2D eigenvalue weighted by Gasteiger charge is -2.27. The molecule has 2 fully saturated rings. The molecule has 0 saturated heterocycles. The Morgan fingerprint density at radius 3 is 2.86 bits per heavy atom. The lowest BCUT2D eigenvalue weighted by atomic mass is 9.84. The maximum atomic E-state index is 12.3. The number of rotatable bonds is 6. The fraction of sp³-hybridized carbons (Fsp3) is 0.625. The molecule has 0 radical (unpaired) electrons. The maximum absolute atomic E-state index is 12.3. The number of nitrogens with two attached hydrogens (primary N) is 1. The SMILES string of the molecule is NC1C2CCC(C2)C1C(=O)NCCCNc1ccccn1. The van der Waals surface area contributed by atoms with Crippen molar-refractivity contribution in [2.24, 2.45) is 23.5 Å². The number of anilines is 1. The van der Waals surface area contributed by atoms with Crippen LogP contribution in [0.25, 0.3) is 0 Å². The van der Waals surface area contributed by atoms with Crippen molar-refractivity contribution in [2.75, 3.05) is 18.4 Å². The van der Waals surface area contributed by atoms with Crippen molar-refractivity contribution >= 4 is 11.7 Å². The van der Waals surface area contributed by atoms with Gasteiger partial charge in [-0.3, -0.25) is 4.79 Å². The Morgan fingerprint density at radius 2 is 2.14 bits per heavy atom. The van der Waals surface area contributed by atoms with Gasteiger partial charge in [0.2, 0.25) is 5.91 Å². The molecule has 1 amide bonds. The van der Waals surface area contributed by atoms with E-state index < -0.39 is 0 Å². The summed E-state index contributed by atoms with van der Waals surface area (Å²) >= 11 is 0. The van der Waals surface area contributed by atoms with E-state index in [4.69, 9.17) is 5.73 Å². The van der Waals surface area contributed by atoms with E-state index in [1.54, 1.807) is 6.20 Å². The Bertz CT molecular complexity index is 476. The molecule has 1 heterocycles. The molecular weight excluding hydrogens is 264 g/mol. The van der Waals surface area contributed by atoms with Gasteiger partial charge >= 0.3 is 0 Å².